The molecule has 0 fully saturated rings. The summed E-state index contributed by atoms with van der Waals surface area (Å²) in [5.41, 5.74) is 2.88. The number of rotatable bonds is 9. The van der Waals surface area contributed by atoms with Gasteiger partial charge in [-0.25, -0.2) is 8.42 Å². The Labute approximate surface area is 145 Å². The second-order valence-corrected chi connectivity index (χ2v) is 7.57. The molecule has 0 bridgehead atoms. The first-order chi connectivity index (χ1) is 11.5. The van der Waals surface area contributed by atoms with E-state index in [9.17, 15) is 8.42 Å². The van der Waals surface area contributed by atoms with Crippen LogP contribution in [-0.2, 0) is 16.4 Å². The fourth-order valence-corrected chi connectivity index (χ4v) is 3.79. The van der Waals surface area contributed by atoms with Gasteiger partial charge in [0.15, 0.2) is 0 Å². The molecule has 2 rings (SSSR count). The molecule has 4 nitrogen and oxygen atoms in total. The third-order valence-electron chi connectivity index (χ3n) is 3.99. The second kappa shape index (κ2) is 8.73. The van der Waals surface area contributed by atoms with E-state index in [1.807, 2.05) is 54.6 Å². The van der Waals surface area contributed by atoms with Crippen molar-refractivity contribution in [1.82, 2.24) is 0 Å². The van der Waals surface area contributed by atoms with Gasteiger partial charge in [-0.1, -0.05) is 30.3 Å². The summed E-state index contributed by atoms with van der Waals surface area (Å²) in [5, 5.41) is 0. The highest BCUT2D eigenvalue weighted by molar-refractivity contribution is 7.92. The minimum absolute atomic E-state index is 0.125. The number of anilines is 2. The standard InChI is InChI=1S/C19H26N2O2S/c1-3-21(4-2)19-14-12-18(13-15-19)20-24(22,23)16-8-11-17-9-6-5-7-10-17/h5-7,9-10,12-15,20H,3-4,8,11,16H2,1-2H3. The zero-order valence-electron chi connectivity index (χ0n) is 14.4. The molecule has 0 saturated carbocycles. The molecule has 2 aromatic rings. The summed E-state index contributed by atoms with van der Waals surface area (Å²) < 4.78 is 27.1. The van der Waals surface area contributed by atoms with Gasteiger partial charge in [0.2, 0.25) is 10.0 Å². The largest absolute Gasteiger partial charge is 0.372 e. The molecule has 0 aliphatic heterocycles. The van der Waals surface area contributed by atoms with Crippen molar-refractivity contribution in [3.63, 3.8) is 0 Å². The number of benzene rings is 2. The Morgan fingerprint density at radius 2 is 1.54 bits per heavy atom. The molecule has 24 heavy (non-hydrogen) atoms. The van der Waals surface area contributed by atoms with E-state index in [0.29, 0.717) is 12.1 Å². The Balaban J connectivity index is 1.89. The molecule has 2 aromatic carbocycles. The van der Waals surface area contributed by atoms with Crippen LogP contribution in [-0.4, -0.2) is 27.3 Å². The molecule has 0 spiro atoms. The SMILES string of the molecule is CCN(CC)c1ccc(NS(=O)(=O)CCCc2ccccc2)cc1. The van der Waals surface area contributed by atoms with Crippen LogP contribution in [0.15, 0.2) is 54.6 Å². The molecule has 0 unspecified atom stereocenters. The summed E-state index contributed by atoms with van der Waals surface area (Å²) in [7, 11) is -3.31. The Hall–Kier alpha value is -2.01. The van der Waals surface area contributed by atoms with Crippen molar-refractivity contribution >= 4 is 21.4 Å². The molecule has 0 heterocycles. The van der Waals surface area contributed by atoms with Crippen LogP contribution < -0.4 is 9.62 Å². The maximum Gasteiger partial charge on any atom is 0.232 e. The van der Waals surface area contributed by atoms with Gasteiger partial charge < -0.3 is 4.90 Å². The number of aryl methyl sites for hydroxylation is 1. The van der Waals surface area contributed by atoms with Gasteiger partial charge in [-0.15, -0.1) is 0 Å². The molecule has 5 heteroatoms. The number of hydrogen-bond acceptors (Lipinski definition) is 3. The zero-order valence-corrected chi connectivity index (χ0v) is 15.2. The predicted molar refractivity (Wildman–Crippen MR) is 102 cm³/mol. The first kappa shape index (κ1) is 18.3. The predicted octanol–water partition coefficient (Wildman–Crippen LogP) is 3.91. The van der Waals surface area contributed by atoms with Crippen LogP contribution in [0.5, 0.6) is 0 Å². The van der Waals surface area contributed by atoms with E-state index in [1.54, 1.807) is 0 Å². The monoisotopic (exact) mass is 346 g/mol. The molecule has 130 valence electrons. The van der Waals surface area contributed by atoms with Crippen molar-refractivity contribution in [3.05, 3.63) is 60.2 Å². The Morgan fingerprint density at radius 3 is 2.12 bits per heavy atom. The molecule has 0 atom stereocenters. The smallest absolute Gasteiger partial charge is 0.232 e. The van der Waals surface area contributed by atoms with E-state index in [1.165, 1.54) is 0 Å². The Morgan fingerprint density at radius 1 is 0.917 bits per heavy atom. The number of sulfonamides is 1. The second-order valence-electron chi connectivity index (χ2n) is 5.73. The Kier molecular flexibility index (Phi) is 6.67. The lowest BCUT2D eigenvalue weighted by Crippen LogP contribution is -2.21. The minimum atomic E-state index is -3.31. The molecule has 0 amide bonds. The molecule has 1 N–H and O–H groups in total. The number of nitrogens with one attached hydrogen (secondary N) is 1. The summed E-state index contributed by atoms with van der Waals surface area (Å²) in [6.07, 6.45) is 1.37. The minimum Gasteiger partial charge on any atom is -0.372 e. The van der Waals surface area contributed by atoms with Crippen LogP contribution in [0.1, 0.15) is 25.8 Å². The van der Waals surface area contributed by atoms with Crippen LogP contribution in [0.3, 0.4) is 0 Å². The van der Waals surface area contributed by atoms with Crippen molar-refractivity contribution < 1.29 is 8.42 Å². The van der Waals surface area contributed by atoms with Crippen molar-refractivity contribution in [2.75, 3.05) is 28.5 Å². The molecule has 0 aromatic heterocycles. The van der Waals surface area contributed by atoms with Gasteiger partial charge in [-0.3, -0.25) is 4.72 Å². The van der Waals surface area contributed by atoms with Gasteiger partial charge in [0.25, 0.3) is 0 Å². The van der Waals surface area contributed by atoms with Crippen LogP contribution in [0.4, 0.5) is 11.4 Å². The quantitative estimate of drug-likeness (QED) is 0.749. The first-order valence-electron chi connectivity index (χ1n) is 8.43. The van der Waals surface area contributed by atoms with Crippen molar-refractivity contribution in [2.24, 2.45) is 0 Å². The molecule has 0 radical (unpaired) electrons. The topological polar surface area (TPSA) is 49.4 Å². The van der Waals surface area contributed by atoms with E-state index in [-0.39, 0.29) is 5.75 Å². The van der Waals surface area contributed by atoms with Crippen molar-refractivity contribution in [2.45, 2.75) is 26.7 Å². The van der Waals surface area contributed by atoms with Gasteiger partial charge in [0.1, 0.15) is 0 Å². The molecular weight excluding hydrogens is 320 g/mol. The van der Waals surface area contributed by atoms with Crippen LogP contribution >= 0.6 is 0 Å². The zero-order chi connectivity index (χ0) is 17.4. The van der Waals surface area contributed by atoms with E-state index >= 15 is 0 Å². The summed E-state index contributed by atoms with van der Waals surface area (Å²) in [4.78, 5) is 2.22. The third kappa shape index (κ3) is 5.57. The van der Waals surface area contributed by atoms with Gasteiger partial charge in [-0.05, 0) is 56.5 Å². The maximum atomic E-state index is 12.2. The lowest BCUT2D eigenvalue weighted by Gasteiger charge is -2.21. The van der Waals surface area contributed by atoms with Gasteiger partial charge >= 0.3 is 0 Å². The van der Waals surface area contributed by atoms with E-state index in [2.05, 4.69) is 23.5 Å². The van der Waals surface area contributed by atoms with Crippen LogP contribution in [0.25, 0.3) is 0 Å². The highest BCUT2D eigenvalue weighted by Crippen LogP contribution is 2.18. The molecule has 0 saturated heterocycles. The first-order valence-corrected chi connectivity index (χ1v) is 10.1. The van der Waals surface area contributed by atoms with Gasteiger partial charge in [0, 0.05) is 24.5 Å². The molecular formula is C19H26N2O2S. The summed E-state index contributed by atoms with van der Waals surface area (Å²) in [6, 6.07) is 17.5. The van der Waals surface area contributed by atoms with Crippen molar-refractivity contribution in [3.8, 4) is 0 Å². The van der Waals surface area contributed by atoms with Crippen molar-refractivity contribution in [1.29, 1.82) is 0 Å². The lowest BCUT2D eigenvalue weighted by molar-refractivity contribution is 0.598. The van der Waals surface area contributed by atoms with E-state index in [0.717, 1.165) is 30.8 Å². The van der Waals surface area contributed by atoms with E-state index in [4.69, 9.17) is 0 Å². The Bertz CT molecular complexity index is 709. The summed E-state index contributed by atoms with van der Waals surface area (Å²) in [6.45, 7) is 6.07. The maximum absolute atomic E-state index is 12.2. The number of hydrogen-bond donors (Lipinski definition) is 1. The fraction of sp³-hybridized carbons (Fsp3) is 0.368. The molecule has 0 aliphatic rings. The van der Waals surface area contributed by atoms with Crippen LogP contribution in [0.2, 0.25) is 0 Å². The van der Waals surface area contributed by atoms with E-state index < -0.39 is 10.0 Å². The summed E-state index contributed by atoms with van der Waals surface area (Å²) in [5.74, 6) is 0.125. The normalized spacial score (nSPS) is 11.2. The highest BCUT2D eigenvalue weighted by Gasteiger charge is 2.11. The number of nitrogens with zero attached hydrogens (tertiary/aromatic N) is 1. The average Bonchev–Trinajstić information content (AvgIpc) is 2.58. The average molecular weight is 346 g/mol. The van der Waals surface area contributed by atoms with Crippen LogP contribution in [0, 0.1) is 0 Å². The third-order valence-corrected chi connectivity index (χ3v) is 5.36. The molecule has 0 aliphatic carbocycles. The fourth-order valence-electron chi connectivity index (χ4n) is 2.67. The lowest BCUT2D eigenvalue weighted by atomic mass is 10.1. The highest BCUT2D eigenvalue weighted by atomic mass is 32.2. The summed E-state index contributed by atoms with van der Waals surface area (Å²) >= 11 is 0. The van der Waals surface area contributed by atoms with Gasteiger partial charge in [-0.2, -0.15) is 0 Å². The van der Waals surface area contributed by atoms with Gasteiger partial charge in [0.05, 0.1) is 5.75 Å².